The van der Waals surface area contributed by atoms with Gasteiger partial charge in [-0.1, -0.05) is 33.4 Å². The van der Waals surface area contributed by atoms with Crippen molar-refractivity contribution in [2.45, 2.75) is 33.2 Å². The Labute approximate surface area is 77.6 Å². The van der Waals surface area contributed by atoms with Crippen molar-refractivity contribution in [1.29, 1.82) is 0 Å². The van der Waals surface area contributed by atoms with Crippen LogP contribution in [0.2, 0.25) is 5.54 Å². The number of hydrogen-bond donors (Lipinski definition) is 2. The lowest BCUT2D eigenvalue weighted by molar-refractivity contribution is 0.805. The summed E-state index contributed by atoms with van der Waals surface area (Å²) in [5, 5.41) is 0. The second kappa shape index (κ2) is 5.51. The van der Waals surface area contributed by atoms with Crippen LogP contribution < -0.4 is 9.96 Å². The lowest BCUT2D eigenvalue weighted by Crippen LogP contribution is -2.63. The lowest BCUT2D eigenvalue weighted by Gasteiger charge is -2.33. The summed E-state index contributed by atoms with van der Waals surface area (Å²) in [4.78, 5) is 7.11. The zero-order chi connectivity index (χ0) is 9.61. The molecule has 0 saturated carbocycles. The monoisotopic (exact) mass is 186 g/mol. The van der Waals surface area contributed by atoms with Crippen LogP contribution in [0.1, 0.15) is 27.7 Å². The summed E-state index contributed by atoms with van der Waals surface area (Å²) < 4.78 is 0. The number of nitrogens with one attached hydrogen (secondary N) is 2. The highest BCUT2D eigenvalue weighted by Gasteiger charge is 2.31. The number of rotatable bonds is 6. The predicted octanol–water partition coefficient (Wildman–Crippen LogP) is 1.78. The Morgan fingerprint density at radius 2 is 1.67 bits per heavy atom. The fraction of sp³-hybridized carbons (Fsp3) is 0.778. The highest BCUT2D eigenvalue weighted by Crippen LogP contribution is 2.15. The first-order chi connectivity index (χ1) is 5.63. The van der Waals surface area contributed by atoms with E-state index in [0.717, 1.165) is 13.1 Å². The van der Waals surface area contributed by atoms with E-state index >= 15 is 0 Å². The fourth-order valence-corrected chi connectivity index (χ4v) is 4.31. The summed E-state index contributed by atoms with van der Waals surface area (Å²) in [5.41, 5.74) is 2.75. The van der Waals surface area contributed by atoms with Crippen LogP contribution in [-0.4, -0.2) is 21.5 Å². The first kappa shape index (κ1) is 11.9. The smallest absolute Gasteiger partial charge is 0.228 e. The molecule has 0 radical (unpaired) electrons. The quantitative estimate of drug-likeness (QED) is 0.618. The van der Waals surface area contributed by atoms with E-state index in [1.807, 2.05) is 0 Å². The van der Waals surface area contributed by atoms with Crippen LogP contribution in [0.15, 0.2) is 12.3 Å². The molecule has 0 aliphatic rings. The molecule has 12 heavy (non-hydrogen) atoms. The molecule has 2 nitrogen and oxygen atoms in total. The normalized spacial score (nSPS) is 12.1. The van der Waals surface area contributed by atoms with E-state index in [4.69, 9.17) is 0 Å². The van der Waals surface area contributed by atoms with Gasteiger partial charge in [0, 0.05) is 0 Å². The Kier molecular flexibility index (Phi) is 5.45. The topological polar surface area (TPSA) is 24.1 Å². The van der Waals surface area contributed by atoms with Gasteiger partial charge in [-0.15, -0.1) is 6.58 Å². The molecule has 72 valence electrons. The van der Waals surface area contributed by atoms with Crippen molar-refractivity contribution in [1.82, 2.24) is 9.96 Å². The van der Waals surface area contributed by atoms with Gasteiger partial charge in [0.2, 0.25) is 8.40 Å². The standard InChI is InChI=1S/C9H22N2Si/c1-6-10-12(8-3,9(4)5)11-7-2/h8-11H,3,6-7H2,1-2,4-5H3. The Hall–Kier alpha value is -0.123. The maximum atomic E-state index is 3.93. The first-order valence-electron chi connectivity index (χ1n) is 4.76. The van der Waals surface area contributed by atoms with Crippen molar-refractivity contribution in [3.8, 4) is 0 Å². The van der Waals surface area contributed by atoms with Gasteiger partial charge >= 0.3 is 0 Å². The lowest BCUT2D eigenvalue weighted by atomic mass is 10.6. The van der Waals surface area contributed by atoms with E-state index in [0.29, 0.717) is 5.54 Å². The molecular formula is C9H22N2Si. The van der Waals surface area contributed by atoms with E-state index < -0.39 is 8.40 Å². The van der Waals surface area contributed by atoms with Crippen LogP contribution in [0, 0.1) is 0 Å². The second-order valence-corrected chi connectivity index (χ2v) is 7.30. The maximum Gasteiger partial charge on any atom is 0.228 e. The zero-order valence-electron chi connectivity index (χ0n) is 8.78. The van der Waals surface area contributed by atoms with Crippen molar-refractivity contribution in [2.24, 2.45) is 0 Å². The third-order valence-corrected chi connectivity index (χ3v) is 6.51. The van der Waals surface area contributed by atoms with Crippen LogP contribution in [-0.2, 0) is 0 Å². The summed E-state index contributed by atoms with van der Waals surface area (Å²) in [5.74, 6) is 0. The minimum atomic E-state index is -1.58. The van der Waals surface area contributed by atoms with Gasteiger partial charge in [-0.05, 0) is 18.6 Å². The van der Waals surface area contributed by atoms with Gasteiger partial charge in [0.1, 0.15) is 0 Å². The molecule has 0 atom stereocenters. The summed E-state index contributed by atoms with van der Waals surface area (Å²) in [7, 11) is -1.58. The van der Waals surface area contributed by atoms with E-state index in [2.05, 4.69) is 49.9 Å². The summed E-state index contributed by atoms with van der Waals surface area (Å²) >= 11 is 0. The van der Waals surface area contributed by atoms with Crippen molar-refractivity contribution < 1.29 is 0 Å². The molecule has 0 aromatic heterocycles. The minimum absolute atomic E-state index is 0.648. The fourth-order valence-electron chi connectivity index (χ4n) is 1.44. The highest BCUT2D eigenvalue weighted by molar-refractivity contribution is 6.81. The summed E-state index contributed by atoms with van der Waals surface area (Å²) in [6.07, 6.45) is 0. The summed E-state index contributed by atoms with van der Waals surface area (Å²) in [6, 6.07) is 0. The molecule has 0 aliphatic carbocycles. The van der Waals surface area contributed by atoms with Crippen molar-refractivity contribution >= 4 is 8.40 Å². The van der Waals surface area contributed by atoms with Gasteiger partial charge in [0.15, 0.2) is 0 Å². The molecule has 0 heterocycles. The number of hydrogen-bond acceptors (Lipinski definition) is 2. The molecule has 2 N–H and O–H groups in total. The van der Waals surface area contributed by atoms with Crippen LogP contribution in [0.4, 0.5) is 0 Å². The van der Waals surface area contributed by atoms with Gasteiger partial charge < -0.3 is 9.96 Å². The van der Waals surface area contributed by atoms with Gasteiger partial charge in [-0.2, -0.15) is 0 Å². The second-order valence-electron chi connectivity index (χ2n) is 3.29. The molecule has 0 aromatic rings. The molecule has 0 amide bonds. The minimum Gasteiger partial charge on any atom is -0.322 e. The van der Waals surface area contributed by atoms with E-state index in [1.165, 1.54) is 0 Å². The van der Waals surface area contributed by atoms with Crippen molar-refractivity contribution in [3.63, 3.8) is 0 Å². The van der Waals surface area contributed by atoms with E-state index in [9.17, 15) is 0 Å². The highest BCUT2D eigenvalue weighted by atomic mass is 28.3. The van der Waals surface area contributed by atoms with Gasteiger partial charge in [-0.3, -0.25) is 0 Å². The van der Waals surface area contributed by atoms with Crippen LogP contribution in [0.25, 0.3) is 0 Å². The van der Waals surface area contributed by atoms with Gasteiger partial charge in [0.25, 0.3) is 0 Å². The molecule has 0 aliphatic heterocycles. The molecule has 0 rings (SSSR count). The molecule has 3 heteroatoms. The Morgan fingerprint density at radius 1 is 1.25 bits per heavy atom. The van der Waals surface area contributed by atoms with Crippen LogP contribution in [0.3, 0.4) is 0 Å². The Bertz CT molecular complexity index is 128. The zero-order valence-corrected chi connectivity index (χ0v) is 9.78. The van der Waals surface area contributed by atoms with Gasteiger partial charge in [-0.25, -0.2) is 0 Å². The Morgan fingerprint density at radius 3 is 1.83 bits per heavy atom. The molecule has 0 fully saturated rings. The third kappa shape index (κ3) is 2.73. The van der Waals surface area contributed by atoms with Gasteiger partial charge in [0.05, 0.1) is 0 Å². The molecule has 0 aromatic carbocycles. The predicted molar refractivity (Wildman–Crippen MR) is 58.4 cm³/mol. The Balaban J connectivity index is 4.38. The van der Waals surface area contributed by atoms with E-state index in [-0.39, 0.29) is 0 Å². The van der Waals surface area contributed by atoms with Crippen molar-refractivity contribution in [3.05, 3.63) is 12.3 Å². The van der Waals surface area contributed by atoms with Crippen LogP contribution >= 0.6 is 0 Å². The largest absolute Gasteiger partial charge is 0.322 e. The van der Waals surface area contributed by atoms with Crippen molar-refractivity contribution in [2.75, 3.05) is 13.1 Å². The SMILES string of the molecule is C=C[Si](NCC)(NCC)C(C)C. The molecular weight excluding hydrogens is 164 g/mol. The summed E-state index contributed by atoms with van der Waals surface area (Å²) in [6.45, 7) is 14.7. The molecule has 0 unspecified atom stereocenters. The molecule has 0 spiro atoms. The average molecular weight is 186 g/mol. The molecule has 0 bridgehead atoms. The van der Waals surface area contributed by atoms with E-state index in [1.54, 1.807) is 0 Å². The first-order valence-corrected chi connectivity index (χ1v) is 6.92. The maximum absolute atomic E-state index is 3.93. The third-order valence-electron chi connectivity index (χ3n) is 2.17. The average Bonchev–Trinajstić information content (AvgIpc) is 2.03. The molecule has 0 saturated heterocycles. The van der Waals surface area contributed by atoms with Crippen LogP contribution in [0.5, 0.6) is 0 Å².